The highest BCUT2D eigenvalue weighted by Gasteiger charge is 2.32. The van der Waals surface area contributed by atoms with Crippen molar-refractivity contribution in [3.05, 3.63) is 95.4 Å². The molecular weight excluding hydrogens is 358 g/mol. The summed E-state index contributed by atoms with van der Waals surface area (Å²) >= 11 is 0. The van der Waals surface area contributed by atoms with Gasteiger partial charge >= 0.3 is 0 Å². The molecule has 142 valence electrons. The molecule has 2 aromatic rings. The molecule has 3 aliphatic rings. The van der Waals surface area contributed by atoms with Gasteiger partial charge in [-0.2, -0.15) is 5.26 Å². The van der Waals surface area contributed by atoms with Gasteiger partial charge in [0.25, 0.3) is 0 Å². The van der Waals surface area contributed by atoms with E-state index < -0.39 is 0 Å². The van der Waals surface area contributed by atoms with Crippen LogP contribution in [0.5, 0.6) is 0 Å². The summed E-state index contributed by atoms with van der Waals surface area (Å²) in [6, 6.07) is 16.0. The van der Waals surface area contributed by atoms with Crippen molar-refractivity contribution in [1.29, 1.82) is 5.26 Å². The predicted molar refractivity (Wildman–Crippen MR) is 113 cm³/mol. The van der Waals surface area contributed by atoms with E-state index in [9.17, 15) is 5.26 Å². The first-order valence-corrected chi connectivity index (χ1v) is 10.00. The van der Waals surface area contributed by atoms with Crippen LogP contribution < -0.4 is 4.90 Å². The SMILES string of the molecule is CC1C=CC2=C(C1)OC1=C(CCC=C1)N2c1ccccc1-c1cccc(C#N)n1. The molecule has 0 spiro atoms. The lowest BCUT2D eigenvalue weighted by Gasteiger charge is -2.39. The van der Waals surface area contributed by atoms with Crippen molar-refractivity contribution < 1.29 is 4.74 Å². The largest absolute Gasteiger partial charge is 0.458 e. The molecule has 0 saturated heterocycles. The van der Waals surface area contributed by atoms with Gasteiger partial charge in [0.1, 0.15) is 23.3 Å². The van der Waals surface area contributed by atoms with E-state index in [0.29, 0.717) is 11.6 Å². The lowest BCUT2D eigenvalue weighted by molar-refractivity contribution is 0.271. The Labute approximate surface area is 170 Å². The second-order valence-electron chi connectivity index (χ2n) is 7.58. The molecule has 2 aliphatic carbocycles. The Morgan fingerprint density at radius 1 is 1.14 bits per heavy atom. The number of para-hydroxylation sites is 1. The summed E-state index contributed by atoms with van der Waals surface area (Å²) in [5.74, 6) is 2.40. The van der Waals surface area contributed by atoms with Crippen LogP contribution in [0.1, 0.15) is 31.9 Å². The maximum Gasteiger partial charge on any atom is 0.146 e. The minimum atomic E-state index is 0.422. The number of nitriles is 1. The van der Waals surface area contributed by atoms with Gasteiger partial charge in [-0.15, -0.1) is 0 Å². The molecular formula is C25H21N3O. The molecule has 29 heavy (non-hydrogen) atoms. The minimum absolute atomic E-state index is 0.422. The van der Waals surface area contributed by atoms with Gasteiger partial charge in [-0.1, -0.05) is 43.3 Å². The first-order chi connectivity index (χ1) is 14.2. The Kier molecular flexibility index (Phi) is 4.29. The van der Waals surface area contributed by atoms with Crippen LogP contribution in [0.3, 0.4) is 0 Å². The van der Waals surface area contributed by atoms with Gasteiger partial charge in [0.05, 0.1) is 22.8 Å². The van der Waals surface area contributed by atoms with Crippen molar-refractivity contribution in [3.8, 4) is 17.3 Å². The molecule has 4 nitrogen and oxygen atoms in total. The van der Waals surface area contributed by atoms with Crippen LogP contribution >= 0.6 is 0 Å². The van der Waals surface area contributed by atoms with E-state index in [4.69, 9.17) is 4.74 Å². The maximum atomic E-state index is 9.29. The number of allylic oxidation sites excluding steroid dienone is 6. The molecule has 1 unspecified atom stereocenters. The first kappa shape index (κ1) is 17.5. The van der Waals surface area contributed by atoms with Crippen molar-refractivity contribution in [3.63, 3.8) is 0 Å². The summed E-state index contributed by atoms with van der Waals surface area (Å²) in [5.41, 5.74) is 5.57. The van der Waals surface area contributed by atoms with Crippen LogP contribution in [0, 0.1) is 17.2 Å². The number of benzene rings is 1. The average Bonchev–Trinajstić information content (AvgIpc) is 2.77. The van der Waals surface area contributed by atoms with Crippen molar-refractivity contribution >= 4 is 5.69 Å². The molecule has 0 saturated carbocycles. The van der Waals surface area contributed by atoms with Crippen LogP contribution in [-0.2, 0) is 4.74 Å². The van der Waals surface area contributed by atoms with Crippen LogP contribution in [0.15, 0.2) is 89.7 Å². The summed E-state index contributed by atoms with van der Waals surface area (Å²) in [6.07, 6.45) is 11.5. The van der Waals surface area contributed by atoms with Crippen molar-refractivity contribution in [2.45, 2.75) is 26.2 Å². The molecule has 0 radical (unpaired) electrons. The molecule has 0 fully saturated rings. The van der Waals surface area contributed by atoms with Crippen LogP contribution in [-0.4, -0.2) is 4.98 Å². The van der Waals surface area contributed by atoms with E-state index in [1.807, 2.05) is 18.2 Å². The highest BCUT2D eigenvalue weighted by molar-refractivity contribution is 5.81. The number of anilines is 1. The summed E-state index contributed by atoms with van der Waals surface area (Å²) in [4.78, 5) is 6.88. The van der Waals surface area contributed by atoms with Crippen molar-refractivity contribution in [2.24, 2.45) is 5.92 Å². The monoisotopic (exact) mass is 379 g/mol. The highest BCUT2D eigenvalue weighted by Crippen LogP contribution is 2.44. The molecule has 1 aliphatic heterocycles. The Morgan fingerprint density at radius 3 is 2.93 bits per heavy atom. The Balaban J connectivity index is 1.70. The summed E-state index contributed by atoms with van der Waals surface area (Å²) in [6.45, 7) is 2.21. The second kappa shape index (κ2) is 7.10. The van der Waals surface area contributed by atoms with Gasteiger partial charge in [0.2, 0.25) is 0 Å². The number of hydrogen-bond acceptors (Lipinski definition) is 4. The Bertz CT molecular complexity index is 1150. The zero-order valence-corrected chi connectivity index (χ0v) is 16.3. The zero-order valence-electron chi connectivity index (χ0n) is 16.3. The number of ether oxygens (including phenoxy) is 1. The zero-order chi connectivity index (χ0) is 19.8. The third kappa shape index (κ3) is 3.05. The Hall–Kier alpha value is -3.58. The van der Waals surface area contributed by atoms with Crippen LogP contribution in [0.2, 0.25) is 0 Å². The van der Waals surface area contributed by atoms with E-state index in [1.54, 1.807) is 6.07 Å². The van der Waals surface area contributed by atoms with Gasteiger partial charge in [-0.3, -0.25) is 0 Å². The van der Waals surface area contributed by atoms with Gasteiger partial charge in [-0.25, -0.2) is 4.98 Å². The van der Waals surface area contributed by atoms with E-state index in [2.05, 4.69) is 65.4 Å². The predicted octanol–water partition coefficient (Wildman–Crippen LogP) is 5.83. The first-order valence-electron chi connectivity index (χ1n) is 10.00. The van der Waals surface area contributed by atoms with E-state index in [0.717, 1.165) is 53.4 Å². The molecule has 0 N–H and O–H groups in total. The average molecular weight is 379 g/mol. The van der Waals surface area contributed by atoms with E-state index in [1.165, 1.54) is 5.70 Å². The molecule has 2 heterocycles. The highest BCUT2D eigenvalue weighted by atomic mass is 16.5. The van der Waals surface area contributed by atoms with E-state index >= 15 is 0 Å². The number of aromatic nitrogens is 1. The van der Waals surface area contributed by atoms with Crippen LogP contribution in [0.4, 0.5) is 5.69 Å². The Morgan fingerprint density at radius 2 is 2.03 bits per heavy atom. The third-order valence-electron chi connectivity index (χ3n) is 5.51. The summed E-state index contributed by atoms with van der Waals surface area (Å²) in [7, 11) is 0. The normalized spacial score (nSPS) is 20.1. The molecule has 0 amide bonds. The summed E-state index contributed by atoms with van der Waals surface area (Å²) < 4.78 is 6.32. The fourth-order valence-corrected chi connectivity index (χ4v) is 4.14. The molecule has 0 bridgehead atoms. The lowest BCUT2D eigenvalue weighted by atomic mass is 9.95. The van der Waals surface area contributed by atoms with Crippen molar-refractivity contribution in [2.75, 3.05) is 4.90 Å². The third-order valence-corrected chi connectivity index (χ3v) is 5.51. The number of pyridine rings is 1. The van der Waals surface area contributed by atoms with Gasteiger partial charge in [0, 0.05) is 12.0 Å². The minimum Gasteiger partial charge on any atom is -0.458 e. The maximum absolute atomic E-state index is 9.29. The van der Waals surface area contributed by atoms with Gasteiger partial charge < -0.3 is 9.64 Å². The fraction of sp³-hybridized carbons (Fsp3) is 0.200. The van der Waals surface area contributed by atoms with E-state index in [-0.39, 0.29) is 0 Å². The molecule has 1 aromatic heterocycles. The second-order valence-corrected chi connectivity index (χ2v) is 7.58. The molecule has 1 aromatic carbocycles. The van der Waals surface area contributed by atoms with Gasteiger partial charge in [-0.05, 0) is 49.1 Å². The standard InChI is InChI=1S/C25H21N3O/c1-17-13-14-23-25(15-17)29-24-12-5-4-11-22(24)28(23)21-10-3-2-8-19(21)20-9-6-7-18(16-26)27-20/h2-3,5-10,12-14,17H,4,11,15H2,1H3. The smallest absolute Gasteiger partial charge is 0.146 e. The quantitative estimate of drug-likeness (QED) is 0.659. The molecule has 4 heteroatoms. The van der Waals surface area contributed by atoms with Crippen molar-refractivity contribution in [1.82, 2.24) is 4.98 Å². The topological polar surface area (TPSA) is 49.1 Å². The lowest BCUT2D eigenvalue weighted by Crippen LogP contribution is -2.31. The summed E-state index contributed by atoms with van der Waals surface area (Å²) in [5, 5.41) is 9.29. The fourth-order valence-electron chi connectivity index (χ4n) is 4.14. The number of hydrogen-bond donors (Lipinski definition) is 0. The number of nitrogens with zero attached hydrogens (tertiary/aromatic N) is 3. The molecule has 5 rings (SSSR count). The molecule has 1 atom stereocenters. The number of rotatable bonds is 2. The van der Waals surface area contributed by atoms with Crippen LogP contribution in [0.25, 0.3) is 11.3 Å². The van der Waals surface area contributed by atoms with Gasteiger partial charge in [0.15, 0.2) is 0 Å².